The number of hydrogen-bond acceptors (Lipinski definition) is 34. The number of carbonyl (C=O) groups excluding carboxylic acids is 2. The highest BCUT2D eigenvalue weighted by molar-refractivity contribution is 5.73. The van der Waals surface area contributed by atoms with Gasteiger partial charge >= 0.3 is 0 Å². The molecule has 0 aromatic carbocycles. The molecule has 20 N–H and O–H groups in total. The highest BCUT2D eigenvalue weighted by atomic mass is 16.7. The lowest BCUT2D eigenvalue weighted by molar-refractivity contribution is -0.282. The zero-order chi connectivity index (χ0) is 79.3. The Morgan fingerprint density at radius 1 is 0.560 bits per heavy atom. The quantitative estimate of drug-likeness (QED) is 0.0175. The van der Waals surface area contributed by atoms with E-state index in [1.54, 1.807) is 25.1 Å². The van der Waals surface area contributed by atoms with E-state index in [4.69, 9.17) is 49.5 Å². The van der Waals surface area contributed by atoms with Gasteiger partial charge in [0.15, 0.2) is 25.2 Å². The zero-order valence-electron chi connectivity index (χ0n) is 64.6. The van der Waals surface area contributed by atoms with E-state index < -0.39 is 161 Å². The van der Waals surface area contributed by atoms with E-state index in [2.05, 4.69) is 72.8 Å². The van der Waals surface area contributed by atoms with E-state index in [9.17, 15) is 70.9 Å². The van der Waals surface area contributed by atoms with Crippen molar-refractivity contribution >= 4 is 11.8 Å². The van der Waals surface area contributed by atoms with Gasteiger partial charge in [-0.3, -0.25) is 33.8 Å². The number of unbranched alkanes of at least 4 members (excludes halogenated alkanes) is 9. The van der Waals surface area contributed by atoms with Crippen LogP contribution in [-0.2, 0) is 73.7 Å². The highest BCUT2D eigenvalue weighted by Crippen LogP contribution is 2.33. The smallest absolute Gasteiger partial charge is 0.217 e. The second-order valence-corrected chi connectivity index (χ2v) is 30.7. The Kier molecular flexibility index (Phi) is 38.7. The van der Waals surface area contributed by atoms with Crippen LogP contribution in [0, 0.1) is 17.3 Å². The van der Waals surface area contributed by atoms with Gasteiger partial charge in [-0.25, -0.2) is 5.84 Å². The Morgan fingerprint density at radius 3 is 1.42 bits per heavy atom. The van der Waals surface area contributed by atoms with E-state index in [0.29, 0.717) is 116 Å². The van der Waals surface area contributed by atoms with Crippen molar-refractivity contribution in [1.82, 2.24) is 71.4 Å². The average Bonchev–Trinajstić information content (AvgIpc) is 1.52. The molecule has 0 bridgehead atoms. The number of nitrogens with two attached hydrogens (primary N) is 2. The van der Waals surface area contributed by atoms with Crippen LogP contribution in [0.4, 0.5) is 0 Å². The third-order valence-electron chi connectivity index (χ3n) is 20.5. The standard InChI is InChI=1S/C71H130N16O22/c1-44-59(94)61(96)52(40-88)106-67(44)102-28-19-9-14-25-85-37-49(76-79-85)34-82(35-50-38-86(80-77-50)26-16-11-21-31-105-70-58(75-47(4)93)66(101)64(99)55(43-91)109-70)23-17-12-22-56(71(5,6)7)83(36-51-39-87(81-78-51)27-15-10-20-29-103-68-45(2)60(95)62(97)53(41-89)107-68)32-48(72)33-84(73)24-13-8-18-30-104-69-57(74-46(3)92)65(100)63(98)54(42-90)108-69/h33,37-39,44-45,52-70,77,80,88-91,94-101H,8-32,34-36,40-43,72-73H2,1-7H3,(H,74,92)(H,75,93)/b48-33-/t44-,45-,52-,53-,54-,55-,56?,57-,58-,59-,60-,61+,62+,63+,64+,65-,66-,67-,68-,69-,70-/m1/s1. The van der Waals surface area contributed by atoms with Gasteiger partial charge in [0.1, 0.15) is 73.1 Å². The summed E-state index contributed by atoms with van der Waals surface area (Å²) in [4.78, 5) is 28.5. The van der Waals surface area contributed by atoms with Gasteiger partial charge in [-0.15, -0.1) is 15.7 Å². The first kappa shape index (κ1) is 91.1. The van der Waals surface area contributed by atoms with Gasteiger partial charge in [-0.1, -0.05) is 51.5 Å². The van der Waals surface area contributed by atoms with Gasteiger partial charge in [0.2, 0.25) is 11.8 Å². The molecular weight excluding hydrogens is 1430 g/mol. The molecule has 7 heterocycles. The fraction of sp³-hybridized carbons (Fsp3) is 0.859. The number of rotatable bonds is 49. The second-order valence-electron chi connectivity index (χ2n) is 30.7. The number of nitrogens with zero attached hydrogens (tertiary/aromatic N) is 10. The summed E-state index contributed by atoms with van der Waals surface area (Å²) < 4.78 is 50.3. The van der Waals surface area contributed by atoms with Crippen LogP contribution in [0.25, 0.3) is 0 Å². The molecule has 2 amide bonds. The molecule has 4 saturated heterocycles. The van der Waals surface area contributed by atoms with Crippen LogP contribution in [0.1, 0.15) is 156 Å². The first-order valence-corrected chi connectivity index (χ1v) is 38.8. The molecule has 21 atom stereocenters. The number of aryl methyl sites for hydroxylation is 2. The van der Waals surface area contributed by atoms with Gasteiger partial charge in [-0.2, -0.15) is 0 Å². The van der Waals surface area contributed by atoms with Gasteiger partial charge in [0.25, 0.3) is 0 Å². The maximum Gasteiger partial charge on any atom is 0.217 e. The molecule has 0 radical (unpaired) electrons. The normalized spacial score (nSPS) is 30.1. The van der Waals surface area contributed by atoms with E-state index in [1.165, 1.54) is 13.8 Å². The molecule has 5 aliphatic rings. The van der Waals surface area contributed by atoms with E-state index in [0.717, 1.165) is 74.9 Å². The molecule has 2 aromatic heterocycles. The molecule has 38 nitrogen and oxygen atoms in total. The molecule has 38 heteroatoms. The molecule has 626 valence electrons. The third kappa shape index (κ3) is 28.8. The summed E-state index contributed by atoms with van der Waals surface area (Å²) in [7, 11) is 0. The fourth-order valence-electron chi connectivity index (χ4n) is 14.3. The number of hydrazine groups is 3. The number of aliphatic hydroxyl groups is 12. The van der Waals surface area contributed by atoms with Crippen LogP contribution >= 0.6 is 0 Å². The lowest BCUT2D eigenvalue weighted by Gasteiger charge is -2.42. The Balaban J connectivity index is 0.975. The second kappa shape index (κ2) is 46.3. The number of aromatic nitrogens is 6. The van der Waals surface area contributed by atoms with Crippen LogP contribution in [-0.4, -0.2) is 325 Å². The minimum atomic E-state index is -1.42. The first-order chi connectivity index (χ1) is 52.1. The maximum absolute atomic E-state index is 11.9. The van der Waals surface area contributed by atoms with Crippen LogP contribution in [0.3, 0.4) is 0 Å². The first-order valence-electron chi connectivity index (χ1n) is 38.8. The largest absolute Gasteiger partial charge is 0.400 e. The number of carbonyl (C=O) groups is 2. The van der Waals surface area contributed by atoms with Crippen molar-refractivity contribution in [1.29, 1.82) is 0 Å². The van der Waals surface area contributed by atoms with E-state index in [-0.39, 0.29) is 24.7 Å². The molecule has 109 heavy (non-hydrogen) atoms. The molecule has 0 aliphatic carbocycles. The van der Waals surface area contributed by atoms with Crippen molar-refractivity contribution in [3.63, 3.8) is 0 Å². The minimum absolute atomic E-state index is 0.0194. The molecule has 4 fully saturated rings. The molecule has 0 spiro atoms. The number of aliphatic hydroxyl groups excluding tert-OH is 12. The van der Waals surface area contributed by atoms with Crippen molar-refractivity contribution in [3.8, 4) is 0 Å². The van der Waals surface area contributed by atoms with Crippen molar-refractivity contribution in [2.75, 3.05) is 85.6 Å². The van der Waals surface area contributed by atoms with Crippen LogP contribution < -0.4 is 33.2 Å². The number of nitrogens with one attached hydrogen (secondary N) is 4. The highest BCUT2D eigenvalue weighted by Gasteiger charge is 2.48. The van der Waals surface area contributed by atoms with Gasteiger partial charge in [-0.05, 0) is 102 Å². The Hall–Kier alpha value is -5.06. The molecule has 5 aliphatic heterocycles. The molecule has 7 rings (SSSR count). The fourth-order valence-corrected chi connectivity index (χ4v) is 14.3. The lowest BCUT2D eigenvalue weighted by atomic mass is 9.82. The predicted molar refractivity (Wildman–Crippen MR) is 391 cm³/mol. The SMILES string of the molecule is CC(=O)N[C@H]1[C@H](OCCCCCN(N)/C=C(\N)CN(Cc2cn(CCCCCO[C@@H]3O[C@H](CO)[C@H](O)[C@H](O)[C@H]3C)nn2)C(CCCCN(CC2=CN(CCCCCO[C@@H]3O[C@H](CO)[C@H](O)[C@H](O)[C@H]3NC(C)=O)NN2)Cc2cn(CCCCCO[C@@H]3O[C@H](CO)[C@H](O)[C@H](O)[C@H]3C)nn2)C(C)(C)C)O[C@H](CO)[C@H](O)[C@@H]1O. The lowest BCUT2D eigenvalue weighted by Crippen LogP contribution is -2.64. The monoisotopic (exact) mass is 1560 g/mol. The minimum Gasteiger partial charge on any atom is -0.400 e. The van der Waals surface area contributed by atoms with E-state index >= 15 is 0 Å². The Labute approximate surface area is 639 Å². The maximum atomic E-state index is 11.9. The summed E-state index contributed by atoms with van der Waals surface area (Å²) >= 11 is 0. The molecule has 0 saturated carbocycles. The molecular formula is C71H130N16O22. The molecule has 2 aromatic rings. The molecule has 1 unspecified atom stereocenters. The summed E-state index contributed by atoms with van der Waals surface area (Å²) in [5, 5.41) is 150. The van der Waals surface area contributed by atoms with Gasteiger partial charge < -0.3 is 126 Å². The van der Waals surface area contributed by atoms with Crippen molar-refractivity contribution < 1.29 is 109 Å². The van der Waals surface area contributed by atoms with Crippen molar-refractivity contribution in [3.05, 3.63) is 47.6 Å². The number of hydrogen-bond donors (Lipinski definition) is 18. The topological polar surface area (TPSA) is 525 Å². The summed E-state index contributed by atoms with van der Waals surface area (Å²) in [6.07, 6.45) is 1.01. The summed E-state index contributed by atoms with van der Waals surface area (Å²) in [6, 6.07) is -2.08. The average molecular weight is 1560 g/mol. The van der Waals surface area contributed by atoms with Crippen LogP contribution in [0.5, 0.6) is 0 Å². The summed E-state index contributed by atoms with van der Waals surface area (Å²) in [6.45, 7) is 16.8. The summed E-state index contributed by atoms with van der Waals surface area (Å²) in [5.41, 5.74) is 16.4. The van der Waals surface area contributed by atoms with Gasteiger partial charge in [0, 0.05) is 141 Å². The number of amides is 2. The van der Waals surface area contributed by atoms with Gasteiger partial charge in [0.05, 0.1) is 55.7 Å². The van der Waals surface area contributed by atoms with Crippen molar-refractivity contribution in [2.45, 2.75) is 287 Å². The Morgan fingerprint density at radius 2 is 0.972 bits per heavy atom. The van der Waals surface area contributed by atoms with Crippen LogP contribution in [0.2, 0.25) is 0 Å². The van der Waals surface area contributed by atoms with E-state index in [1.807, 2.05) is 33.0 Å². The van der Waals surface area contributed by atoms with Crippen molar-refractivity contribution in [2.24, 2.45) is 28.8 Å². The summed E-state index contributed by atoms with van der Waals surface area (Å²) in [5.74, 6) is 4.78. The zero-order valence-corrected chi connectivity index (χ0v) is 64.6. The van der Waals surface area contributed by atoms with Crippen LogP contribution in [0.15, 0.2) is 36.2 Å². The number of ether oxygens (including phenoxy) is 8. The Bertz CT molecular complexity index is 2980. The third-order valence-corrected chi connectivity index (χ3v) is 20.5. The predicted octanol–water partition coefficient (Wildman–Crippen LogP) is -3.31.